The molecule has 2 amide bonds. The van der Waals surface area contributed by atoms with Crippen molar-refractivity contribution in [2.24, 2.45) is 5.92 Å². The Labute approximate surface area is 244 Å². The fourth-order valence-corrected chi connectivity index (χ4v) is 6.22. The summed E-state index contributed by atoms with van der Waals surface area (Å²) in [5.41, 5.74) is 3.69. The molecule has 2 aliphatic rings. The second-order valence-electron chi connectivity index (χ2n) is 10.2. The number of carbonyl (C=O) groups excluding carboxylic acids is 2. The van der Waals surface area contributed by atoms with E-state index in [1.54, 1.807) is 42.5 Å². The molecule has 1 fully saturated rings. The number of nitrogens with one attached hydrogen (secondary N) is 2. The fraction of sp³-hybridized carbons (Fsp3) is 0.233. The van der Waals surface area contributed by atoms with Crippen LogP contribution in [0.1, 0.15) is 44.5 Å². The molecule has 2 aromatic heterocycles. The number of piperidine rings is 1. The molecule has 0 spiro atoms. The Hall–Kier alpha value is -3.82. The minimum atomic E-state index is -0.419. The largest absolute Gasteiger partial charge is 0.444 e. The van der Waals surface area contributed by atoms with Gasteiger partial charge < -0.3 is 24.5 Å². The average molecular weight is 622 g/mol. The Bertz CT molecular complexity index is 1670. The van der Waals surface area contributed by atoms with Crippen LogP contribution in [0.25, 0.3) is 0 Å². The maximum Gasteiger partial charge on any atom is 0.291 e. The van der Waals surface area contributed by atoms with Crippen LogP contribution in [0.5, 0.6) is 0 Å². The Balaban J connectivity index is 1.29. The third-order valence-electron chi connectivity index (χ3n) is 7.47. The molecule has 0 saturated carbocycles. The zero-order valence-electron chi connectivity index (χ0n) is 21.4. The molecule has 0 unspecified atom stereocenters. The quantitative estimate of drug-likeness (QED) is 0.290. The lowest BCUT2D eigenvalue weighted by atomic mass is 9.83. The lowest BCUT2D eigenvalue weighted by molar-refractivity contribution is 0.0949. The van der Waals surface area contributed by atoms with Gasteiger partial charge in [0.05, 0.1) is 11.4 Å². The first-order valence-corrected chi connectivity index (χ1v) is 14.2. The molecule has 2 atom stereocenters. The van der Waals surface area contributed by atoms with Crippen molar-refractivity contribution in [3.05, 3.63) is 115 Å². The van der Waals surface area contributed by atoms with E-state index in [4.69, 9.17) is 16.0 Å². The van der Waals surface area contributed by atoms with Gasteiger partial charge in [-0.2, -0.15) is 0 Å². The second kappa shape index (κ2) is 11.0. The number of anilines is 2. The van der Waals surface area contributed by atoms with Gasteiger partial charge in [0.25, 0.3) is 17.4 Å². The van der Waals surface area contributed by atoms with Crippen LogP contribution in [0.15, 0.2) is 86.7 Å². The molecule has 2 aliphatic heterocycles. The van der Waals surface area contributed by atoms with Crippen molar-refractivity contribution < 1.29 is 14.0 Å². The van der Waals surface area contributed by atoms with E-state index in [1.165, 1.54) is 0 Å². The number of aromatic nitrogens is 1. The van der Waals surface area contributed by atoms with Crippen LogP contribution < -0.4 is 21.1 Å². The molecule has 2 bridgehead atoms. The first-order valence-electron chi connectivity index (χ1n) is 13.0. The van der Waals surface area contributed by atoms with Gasteiger partial charge in [-0.05, 0) is 82.4 Å². The van der Waals surface area contributed by atoms with E-state index in [0.717, 1.165) is 29.9 Å². The molecule has 4 heterocycles. The van der Waals surface area contributed by atoms with Crippen LogP contribution in [-0.4, -0.2) is 29.5 Å². The highest BCUT2D eigenvalue weighted by Crippen LogP contribution is 2.39. The number of benzene rings is 2. The van der Waals surface area contributed by atoms with Gasteiger partial charge in [-0.25, -0.2) is 0 Å². The van der Waals surface area contributed by atoms with E-state index in [-0.39, 0.29) is 29.1 Å². The van der Waals surface area contributed by atoms with E-state index in [9.17, 15) is 14.4 Å². The van der Waals surface area contributed by atoms with Gasteiger partial charge in [0, 0.05) is 54.4 Å². The zero-order chi connectivity index (χ0) is 27.8. The van der Waals surface area contributed by atoms with Crippen molar-refractivity contribution in [3.8, 4) is 0 Å². The zero-order valence-corrected chi connectivity index (χ0v) is 23.7. The van der Waals surface area contributed by atoms with Gasteiger partial charge >= 0.3 is 0 Å². The van der Waals surface area contributed by atoms with Crippen molar-refractivity contribution in [1.82, 2.24) is 9.88 Å². The summed E-state index contributed by atoms with van der Waals surface area (Å²) in [5, 5.41) is 6.49. The summed E-state index contributed by atoms with van der Waals surface area (Å²) in [6.07, 6.45) is 1.01. The number of amides is 2. The molecule has 2 N–H and O–H groups in total. The van der Waals surface area contributed by atoms with Crippen LogP contribution in [0.4, 0.5) is 11.4 Å². The number of nitrogens with zero attached hydrogens (tertiary/aromatic N) is 2. The second-order valence-corrected chi connectivity index (χ2v) is 11.4. The Morgan fingerprint density at radius 1 is 0.975 bits per heavy atom. The molecule has 2 aromatic carbocycles. The summed E-state index contributed by atoms with van der Waals surface area (Å²) in [4.78, 5) is 40.9. The maximum atomic E-state index is 13.1. The van der Waals surface area contributed by atoms with Gasteiger partial charge in [-0.3, -0.25) is 14.4 Å². The summed E-state index contributed by atoms with van der Waals surface area (Å²) in [5.74, 6) is -0.0650. The number of halogens is 2. The average Bonchev–Trinajstić information content (AvgIpc) is 3.39. The number of hydrogen-bond donors (Lipinski definition) is 2. The Kier molecular flexibility index (Phi) is 7.25. The highest BCUT2D eigenvalue weighted by atomic mass is 79.9. The predicted molar refractivity (Wildman–Crippen MR) is 157 cm³/mol. The van der Waals surface area contributed by atoms with Gasteiger partial charge in [-0.15, -0.1) is 0 Å². The standard InChI is InChI=1S/C30H26BrClN4O4/c31-27-10-9-26(40-27)30(39)34-23-13-20(29(38)33-14-18-3-1-4-22(32)12-18)7-8-25(23)35-15-19-11-21(17-35)24-5-2-6-28(37)36(24)16-19/h1-10,12-13,19,21H,11,14-17H2,(H,33,38)(H,34,39)/t19-,21+/m1/s1. The summed E-state index contributed by atoms with van der Waals surface area (Å²) < 4.78 is 7.80. The van der Waals surface area contributed by atoms with Crippen LogP contribution >= 0.6 is 27.5 Å². The first-order chi connectivity index (χ1) is 19.3. The molecule has 40 heavy (non-hydrogen) atoms. The smallest absolute Gasteiger partial charge is 0.291 e. The van der Waals surface area contributed by atoms with Gasteiger partial charge in [0.15, 0.2) is 10.4 Å². The molecule has 1 saturated heterocycles. The van der Waals surface area contributed by atoms with Gasteiger partial charge in [-0.1, -0.05) is 29.8 Å². The van der Waals surface area contributed by atoms with Crippen LogP contribution in [0.3, 0.4) is 0 Å². The monoisotopic (exact) mass is 620 g/mol. The van der Waals surface area contributed by atoms with Crippen molar-refractivity contribution in [1.29, 1.82) is 0 Å². The molecule has 6 rings (SSSR count). The number of pyridine rings is 1. The minimum Gasteiger partial charge on any atom is -0.444 e. The summed E-state index contributed by atoms with van der Waals surface area (Å²) >= 11 is 9.32. The SMILES string of the molecule is O=C(NCc1cccc(Cl)c1)c1ccc(N2C[C@H]3C[C@@H](C2)c2cccc(=O)n2C3)c(NC(=O)c2ccc(Br)o2)c1. The van der Waals surface area contributed by atoms with E-state index >= 15 is 0 Å². The summed E-state index contributed by atoms with van der Waals surface area (Å²) in [6, 6.07) is 21.3. The summed E-state index contributed by atoms with van der Waals surface area (Å²) in [7, 11) is 0. The molecule has 0 radical (unpaired) electrons. The predicted octanol–water partition coefficient (Wildman–Crippen LogP) is 5.66. The fourth-order valence-electron chi connectivity index (χ4n) is 5.70. The summed E-state index contributed by atoms with van der Waals surface area (Å²) in [6.45, 7) is 2.40. The van der Waals surface area contributed by atoms with Gasteiger partial charge in [0.1, 0.15) is 0 Å². The van der Waals surface area contributed by atoms with E-state index in [0.29, 0.717) is 40.6 Å². The molecule has 4 aromatic rings. The Morgan fingerprint density at radius 2 is 1.82 bits per heavy atom. The highest BCUT2D eigenvalue weighted by Gasteiger charge is 2.35. The van der Waals surface area contributed by atoms with Gasteiger partial charge in [0.2, 0.25) is 0 Å². The molecule has 0 aliphatic carbocycles. The highest BCUT2D eigenvalue weighted by molar-refractivity contribution is 9.10. The van der Waals surface area contributed by atoms with Crippen molar-refractivity contribution >= 4 is 50.7 Å². The third-order valence-corrected chi connectivity index (χ3v) is 8.13. The number of hydrogen-bond acceptors (Lipinski definition) is 5. The molecule has 204 valence electrons. The van der Waals surface area contributed by atoms with Crippen molar-refractivity contribution in [2.45, 2.75) is 25.4 Å². The minimum absolute atomic E-state index is 0.0337. The topological polar surface area (TPSA) is 96.6 Å². The van der Waals surface area contributed by atoms with Crippen LogP contribution in [0.2, 0.25) is 5.02 Å². The maximum absolute atomic E-state index is 13.1. The van der Waals surface area contributed by atoms with E-state index in [1.807, 2.05) is 34.9 Å². The number of carbonyl (C=O) groups is 2. The van der Waals surface area contributed by atoms with Crippen LogP contribution in [-0.2, 0) is 13.1 Å². The lowest BCUT2D eigenvalue weighted by Crippen LogP contribution is -2.47. The number of furan rings is 1. The first kappa shape index (κ1) is 26.4. The van der Waals surface area contributed by atoms with Crippen molar-refractivity contribution in [2.75, 3.05) is 23.3 Å². The van der Waals surface area contributed by atoms with E-state index < -0.39 is 5.91 Å². The molecular weight excluding hydrogens is 596 g/mol. The molecular formula is C30H26BrClN4O4. The molecule has 10 heteroatoms. The van der Waals surface area contributed by atoms with Crippen LogP contribution in [0, 0.1) is 5.92 Å². The van der Waals surface area contributed by atoms with Crippen molar-refractivity contribution in [3.63, 3.8) is 0 Å². The third kappa shape index (κ3) is 5.44. The number of fused-ring (bicyclic) bond motifs is 4. The van der Waals surface area contributed by atoms with E-state index in [2.05, 4.69) is 31.5 Å². The molecule has 8 nitrogen and oxygen atoms in total. The Morgan fingerprint density at radius 3 is 2.62 bits per heavy atom. The normalized spacial score (nSPS) is 17.7. The lowest BCUT2D eigenvalue weighted by Gasteiger charge is -2.44. The number of rotatable bonds is 6.